The monoisotopic (exact) mass is 582 g/mol. The predicted octanol–water partition coefficient (Wildman–Crippen LogP) is 2.30. The van der Waals surface area contributed by atoms with Crippen molar-refractivity contribution >= 4 is 27.6 Å². The molecule has 1 fully saturated rings. The van der Waals surface area contributed by atoms with Crippen LogP contribution in [0, 0.1) is 5.92 Å². The molecular weight excluding hydrogens is 552 g/mol. The fraction of sp³-hybridized carbons (Fsp3) is 0.565. The second kappa shape index (κ2) is 12.4. The van der Waals surface area contributed by atoms with Crippen molar-refractivity contribution in [2.45, 2.75) is 49.9 Å². The third kappa shape index (κ3) is 5.90. The highest BCUT2D eigenvalue weighted by atomic mass is 35.5. The lowest BCUT2D eigenvalue weighted by Crippen LogP contribution is -2.33. The molecule has 14 nitrogen and oxygen atoms in total. The van der Waals surface area contributed by atoms with Crippen LogP contribution in [0.3, 0.4) is 0 Å². The third-order valence-corrected chi connectivity index (χ3v) is 8.72. The van der Waals surface area contributed by atoms with Gasteiger partial charge in [-0.2, -0.15) is 9.97 Å². The van der Waals surface area contributed by atoms with E-state index in [1.54, 1.807) is 0 Å². The summed E-state index contributed by atoms with van der Waals surface area (Å²) in [5, 5.41) is 17.8. The number of hydrogen-bond acceptors (Lipinski definition) is 12. The normalized spacial score (nSPS) is 19.3. The molecule has 212 valence electrons. The second-order valence-corrected chi connectivity index (χ2v) is 11.5. The Balaban J connectivity index is 1.81. The summed E-state index contributed by atoms with van der Waals surface area (Å²) in [5.41, 5.74) is 0.222. The van der Waals surface area contributed by atoms with Crippen LogP contribution in [0.1, 0.15) is 56.3 Å². The number of halogens is 1. The SMILES string of the molecule is COc1ncnc(OC)c1-n1c(NS(=O)(=O)[C@@H](C)[C@H](OC)c2ncc(Cl)cn2)nnc1[C@@H]1CCCC[C@H]1CO. The van der Waals surface area contributed by atoms with Gasteiger partial charge in [0.25, 0.3) is 0 Å². The highest BCUT2D eigenvalue weighted by Crippen LogP contribution is 2.41. The number of aliphatic hydroxyl groups is 1. The highest BCUT2D eigenvalue weighted by molar-refractivity contribution is 7.93. The molecule has 0 unspecified atom stereocenters. The Morgan fingerprint density at radius 1 is 1.08 bits per heavy atom. The summed E-state index contributed by atoms with van der Waals surface area (Å²) in [5.74, 6) is 0.387. The van der Waals surface area contributed by atoms with Gasteiger partial charge in [-0.15, -0.1) is 10.2 Å². The number of ether oxygens (including phenoxy) is 3. The van der Waals surface area contributed by atoms with Gasteiger partial charge in [-0.1, -0.05) is 24.4 Å². The first-order valence-corrected chi connectivity index (χ1v) is 14.2. The van der Waals surface area contributed by atoms with Crippen molar-refractivity contribution < 1.29 is 27.7 Å². The first-order valence-electron chi connectivity index (χ1n) is 12.3. The molecule has 16 heteroatoms. The Hall–Kier alpha value is -3.14. The number of nitrogens with zero attached hydrogens (tertiary/aromatic N) is 7. The summed E-state index contributed by atoms with van der Waals surface area (Å²) in [6.45, 7) is 1.41. The van der Waals surface area contributed by atoms with Gasteiger partial charge < -0.3 is 19.3 Å². The summed E-state index contributed by atoms with van der Waals surface area (Å²) in [4.78, 5) is 16.6. The lowest BCUT2D eigenvalue weighted by Gasteiger charge is -2.30. The van der Waals surface area contributed by atoms with Crippen LogP contribution in [0.2, 0.25) is 5.02 Å². The van der Waals surface area contributed by atoms with Crippen LogP contribution in [0.4, 0.5) is 5.95 Å². The molecular formula is C23H31ClN8O6S. The van der Waals surface area contributed by atoms with Gasteiger partial charge in [0.15, 0.2) is 11.5 Å². The molecule has 3 heterocycles. The standard InChI is InChI=1S/C23H31ClN8O6S/c1-13(18(36-2)19-25-9-15(24)10-26-19)39(34,35)31-23-30-29-20(16-8-6-5-7-14(16)11-33)32(23)17-21(37-3)27-12-28-22(17)38-4/h9-10,12-14,16,18,33H,5-8,11H2,1-4H3,(H,30,31)/t13-,14-,16+,18-/m0/s1. The third-order valence-electron chi connectivity index (χ3n) is 6.83. The van der Waals surface area contributed by atoms with Gasteiger partial charge in [0.2, 0.25) is 27.7 Å². The number of nitrogens with one attached hydrogen (secondary N) is 1. The molecule has 0 radical (unpaired) electrons. The summed E-state index contributed by atoms with van der Waals surface area (Å²) in [6, 6.07) is 0. The zero-order valence-electron chi connectivity index (χ0n) is 22.0. The number of rotatable bonds is 11. The minimum atomic E-state index is -4.17. The van der Waals surface area contributed by atoms with E-state index in [4.69, 9.17) is 25.8 Å². The molecule has 0 amide bonds. The highest BCUT2D eigenvalue weighted by Gasteiger charge is 2.37. The molecule has 3 aromatic rings. The number of anilines is 1. The van der Waals surface area contributed by atoms with E-state index < -0.39 is 21.4 Å². The Morgan fingerprint density at radius 3 is 2.31 bits per heavy atom. The van der Waals surface area contributed by atoms with Crippen molar-refractivity contribution in [3.63, 3.8) is 0 Å². The van der Waals surface area contributed by atoms with Crippen LogP contribution >= 0.6 is 11.6 Å². The Morgan fingerprint density at radius 2 is 1.72 bits per heavy atom. The minimum Gasteiger partial charge on any atom is -0.479 e. The molecule has 0 spiro atoms. The van der Waals surface area contributed by atoms with Crippen molar-refractivity contribution in [3.05, 3.63) is 35.4 Å². The fourth-order valence-electron chi connectivity index (χ4n) is 4.79. The van der Waals surface area contributed by atoms with Gasteiger partial charge in [0, 0.05) is 32.0 Å². The number of sulfonamides is 1. The maximum atomic E-state index is 13.7. The summed E-state index contributed by atoms with van der Waals surface area (Å²) in [7, 11) is 0.0418. The molecule has 1 saturated carbocycles. The predicted molar refractivity (Wildman–Crippen MR) is 141 cm³/mol. The Bertz CT molecular complexity index is 1350. The molecule has 0 bridgehead atoms. The van der Waals surface area contributed by atoms with Gasteiger partial charge in [0.05, 0.1) is 19.2 Å². The van der Waals surface area contributed by atoms with Gasteiger partial charge in [0.1, 0.15) is 23.5 Å². The van der Waals surface area contributed by atoms with Crippen LogP contribution in [-0.4, -0.2) is 81.4 Å². The van der Waals surface area contributed by atoms with E-state index >= 15 is 0 Å². The molecule has 4 rings (SSSR count). The van der Waals surface area contributed by atoms with Crippen molar-refractivity contribution in [2.75, 3.05) is 32.7 Å². The van der Waals surface area contributed by atoms with Gasteiger partial charge in [-0.05, 0) is 25.7 Å². The Kier molecular flexibility index (Phi) is 9.15. The molecule has 39 heavy (non-hydrogen) atoms. The average Bonchev–Trinajstić information content (AvgIpc) is 3.35. The summed E-state index contributed by atoms with van der Waals surface area (Å²) >= 11 is 5.89. The van der Waals surface area contributed by atoms with Crippen LogP contribution in [0.15, 0.2) is 18.7 Å². The van der Waals surface area contributed by atoms with E-state index in [1.165, 1.54) is 51.5 Å². The smallest absolute Gasteiger partial charge is 0.245 e. The number of aliphatic hydroxyl groups excluding tert-OH is 1. The van der Waals surface area contributed by atoms with Gasteiger partial charge in [-0.25, -0.2) is 18.4 Å². The fourth-order valence-corrected chi connectivity index (χ4v) is 6.01. The lowest BCUT2D eigenvalue weighted by atomic mass is 9.79. The quantitative estimate of drug-likeness (QED) is 0.338. The van der Waals surface area contributed by atoms with Crippen molar-refractivity contribution in [3.8, 4) is 17.4 Å². The van der Waals surface area contributed by atoms with E-state index in [1.807, 2.05) is 0 Å². The van der Waals surface area contributed by atoms with Crippen molar-refractivity contribution in [1.82, 2.24) is 34.7 Å². The molecule has 2 N–H and O–H groups in total. The van der Waals surface area contributed by atoms with E-state index in [0.29, 0.717) is 10.8 Å². The van der Waals surface area contributed by atoms with E-state index in [9.17, 15) is 13.5 Å². The second-order valence-electron chi connectivity index (χ2n) is 9.06. The zero-order valence-corrected chi connectivity index (χ0v) is 23.6. The Labute approximate surface area is 231 Å². The summed E-state index contributed by atoms with van der Waals surface area (Å²) in [6.07, 6.45) is 6.39. The van der Waals surface area contributed by atoms with E-state index in [0.717, 1.165) is 25.7 Å². The van der Waals surface area contributed by atoms with Gasteiger partial charge >= 0.3 is 0 Å². The minimum absolute atomic E-state index is 0.0498. The molecule has 3 aromatic heterocycles. The molecule has 0 aliphatic heterocycles. The van der Waals surface area contributed by atoms with Gasteiger partial charge in [-0.3, -0.25) is 9.29 Å². The average molecular weight is 583 g/mol. The number of methoxy groups -OCH3 is 3. The summed E-state index contributed by atoms with van der Waals surface area (Å²) < 4.78 is 47.8. The van der Waals surface area contributed by atoms with Crippen LogP contribution < -0.4 is 14.2 Å². The molecule has 0 aromatic carbocycles. The van der Waals surface area contributed by atoms with Crippen LogP contribution in [-0.2, 0) is 14.8 Å². The topological polar surface area (TPSA) is 176 Å². The van der Waals surface area contributed by atoms with Crippen LogP contribution in [0.25, 0.3) is 5.69 Å². The zero-order chi connectivity index (χ0) is 28.2. The van der Waals surface area contributed by atoms with E-state index in [-0.39, 0.29) is 47.7 Å². The van der Waals surface area contributed by atoms with Crippen LogP contribution in [0.5, 0.6) is 11.8 Å². The molecule has 4 atom stereocenters. The first-order chi connectivity index (χ1) is 18.7. The van der Waals surface area contributed by atoms with Crippen molar-refractivity contribution in [2.24, 2.45) is 5.92 Å². The maximum absolute atomic E-state index is 13.7. The molecule has 1 aliphatic carbocycles. The van der Waals surface area contributed by atoms with Crippen molar-refractivity contribution in [1.29, 1.82) is 0 Å². The number of aromatic nitrogens is 7. The molecule has 1 aliphatic rings. The number of hydrogen-bond donors (Lipinski definition) is 2. The maximum Gasteiger partial charge on any atom is 0.245 e. The first kappa shape index (κ1) is 28.9. The largest absolute Gasteiger partial charge is 0.479 e. The molecule has 0 saturated heterocycles. The lowest BCUT2D eigenvalue weighted by molar-refractivity contribution is 0.0950. The van der Waals surface area contributed by atoms with E-state index in [2.05, 4.69) is 34.9 Å².